The maximum absolute atomic E-state index is 12.4. The van der Waals surface area contributed by atoms with Crippen LogP contribution >= 0.6 is 11.6 Å². The van der Waals surface area contributed by atoms with Crippen LogP contribution in [0.4, 0.5) is 10.5 Å². The molecule has 2 heterocycles. The highest BCUT2D eigenvalue weighted by molar-refractivity contribution is 6.30. The van der Waals surface area contributed by atoms with Crippen LogP contribution in [0.2, 0.25) is 5.02 Å². The fourth-order valence-corrected chi connectivity index (χ4v) is 2.80. The molecule has 7 nitrogen and oxygen atoms in total. The van der Waals surface area contributed by atoms with Gasteiger partial charge in [0.15, 0.2) is 5.69 Å². The van der Waals surface area contributed by atoms with Crippen molar-refractivity contribution in [2.75, 3.05) is 11.9 Å². The number of anilines is 1. The normalized spacial score (nSPS) is 13.6. The summed E-state index contributed by atoms with van der Waals surface area (Å²) >= 11 is 5.81. The van der Waals surface area contributed by atoms with Gasteiger partial charge in [-0.25, -0.2) is 9.59 Å². The number of aryl methyl sites for hydroxylation is 1. The summed E-state index contributed by atoms with van der Waals surface area (Å²) < 4.78 is 1.58. The van der Waals surface area contributed by atoms with E-state index in [-0.39, 0.29) is 18.3 Å². The highest BCUT2D eigenvalue weighted by Gasteiger charge is 2.29. The molecular formula is C15H15ClN4O3. The summed E-state index contributed by atoms with van der Waals surface area (Å²) in [6.45, 7) is 0.731. The van der Waals surface area contributed by atoms with Gasteiger partial charge in [0, 0.05) is 42.0 Å². The standard InChI is InChI=1S/C15H15ClN4O3/c1-19-12-6-7-20(8-11(12)13(18-19)14(21)22)15(23)17-10-4-2-9(16)3-5-10/h2-5H,6-8H2,1H3,(H,17,23)(H,21,22). The third-order valence-corrected chi connectivity index (χ3v) is 4.08. The number of aromatic carboxylic acids is 1. The molecule has 2 aromatic rings. The maximum atomic E-state index is 12.4. The molecule has 2 amide bonds. The minimum atomic E-state index is -1.08. The molecule has 1 aromatic heterocycles. The second-order valence-electron chi connectivity index (χ2n) is 5.31. The van der Waals surface area contributed by atoms with E-state index < -0.39 is 5.97 Å². The minimum absolute atomic E-state index is 0.00601. The summed E-state index contributed by atoms with van der Waals surface area (Å²) in [6.07, 6.45) is 0.570. The highest BCUT2D eigenvalue weighted by Crippen LogP contribution is 2.23. The van der Waals surface area contributed by atoms with Crippen LogP contribution in [-0.4, -0.2) is 38.3 Å². The highest BCUT2D eigenvalue weighted by atomic mass is 35.5. The average Bonchev–Trinajstić information content (AvgIpc) is 2.86. The molecule has 0 fully saturated rings. The lowest BCUT2D eigenvalue weighted by Crippen LogP contribution is -2.39. The molecule has 1 aliphatic heterocycles. The Kier molecular flexibility index (Phi) is 3.96. The number of nitrogens with one attached hydrogen (secondary N) is 1. The lowest BCUT2D eigenvalue weighted by atomic mass is 10.1. The summed E-state index contributed by atoms with van der Waals surface area (Å²) in [5.74, 6) is -1.08. The van der Waals surface area contributed by atoms with Gasteiger partial charge < -0.3 is 15.3 Å². The quantitative estimate of drug-likeness (QED) is 0.882. The van der Waals surface area contributed by atoms with Crippen molar-refractivity contribution in [3.63, 3.8) is 0 Å². The number of fused-ring (bicyclic) bond motifs is 1. The molecule has 0 aliphatic carbocycles. The van der Waals surface area contributed by atoms with Crippen molar-refractivity contribution in [2.45, 2.75) is 13.0 Å². The minimum Gasteiger partial charge on any atom is -0.476 e. The summed E-state index contributed by atoms with van der Waals surface area (Å²) in [6, 6.07) is 6.52. The number of rotatable bonds is 2. The van der Waals surface area contributed by atoms with Gasteiger partial charge in [-0.3, -0.25) is 4.68 Å². The first-order valence-corrected chi connectivity index (χ1v) is 7.43. The summed E-state index contributed by atoms with van der Waals surface area (Å²) in [5.41, 5.74) is 2.09. The topological polar surface area (TPSA) is 87.5 Å². The first-order valence-electron chi connectivity index (χ1n) is 7.05. The second kappa shape index (κ2) is 5.92. The van der Waals surface area contributed by atoms with Gasteiger partial charge in [0.2, 0.25) is 0 Å². The largest absolute Gasteiger partial charge is 0.476 e. The van der Waals surface area contributed by atoms with Crippen LogP contribution < -0.4 is 5.32 Å². The number of carboxylic acid groups (broad SMARTS) is 1. The van der Waals surface area contributed by atoms with Crippen molar-refractivity contribution < 1.29 is 14.7 Å². The molecule has 8 heteroatoms. The molecule has 0 unspecified atom stereocenters. The Morgan fingerprint density at radius 2 is 2.00 bits per heavy atom. The number of carbonyl (C=O) groups is 2. The number of benzene rings is 1. The molecule has 1 aromatic carbocycles. The number of urea groups is 1. The molecule has 120 valence electrons. The molecule has 0 bridgehead atoms. The van der Waals surface area contributed by atoms with Gasteiger partial charge in [-0.15, -0.1) is 0 Å². The van der Waals surface area contributed by atoms with Gasteiger partial charge in [-0.2, -0.15) is 5.10 Å². The average molecular weight is 335 g/mol. The Bertz CT molecular complexity index is 770. The maximum Gasteiger partial charge on any atom is 0.356 e. The lowest BCUT2D eigenvalue weighted by molar-refractivity contribution is 0.0687. The van der Waals surface area contributed by atoms with Crippen LogP contribution in [0.1, 0.15) is 21.7 Å². The molecule has 2 N–H and O–H groups in total. The lowest BCUT2D eigenvalue weighted by Gasteiger charge is -2.27. The number of nitrogens with zero attached hydrogens (tertiary/aromatic N) is 3. The molecule has 1 aliphatic rings. The predicted molar refractivity (Wildman–Crippen MR) is 84.8 cm³/mol. The van der Waals surface area contributed by atoms with Crippen molar-refractivity contribution in [1.82, 2.24) is 14.7 Å². The number of halogens is 1. The van der Waals surface area contributed by atoms with Crippen LogP contribution in [-0.2, 0) is 20.0 Å². The third kappa shape index (κ3) is 3.00. The first kappa shape index (κ1) is 15.4. The van der Waals surface area contributed by atoms with Gasteiger partial charge in [-0.1, -0.05) is 11.6 Å². The fourth-order valence-electron chi connectivity index (χ4n) is 2.67. The Hall–Kier alpha value is -2.54. The Labute approximate surface area is 137 Å². The van der Waals surface area contributed by atoms with Gasteiger partial charge in [-0.05, 0) is 24.3 Å². The number of amides is 2. The van der Waals surface area contributed by atoms with Crippen molar-refractivity contribution in [3.05, 3.63) is 46.2 Å². The summed E-state index contributed by atoms with van der Waals surface area (Å²) in [4.78, 5) is 25.2. The monoisotopic (exact) mass is 334 g/mol. The summed E-state index contributed by atoms with van der Waals surface area (Å²) in [5, 5.41) is 16.6. The third-order valence-electron chi connectivity index (χ3n) is 3.83. The van der Waals surface area contributed by atoms with Gasteiger partial charge >= 0.3 is 12.0 Å². The van der Waals surface area contributed by atoms with Crippen LogP contribution in [0.3, 0.4) is 0 Å². The SMILES string of the molecule is Cn1nc(C(=O)O)c2c1CCN(C(=O)Nc1ccc(Cl)cc1)C2. The summed E-state index contributed by atoms with van der Waals surface area (Å²) in [7, 11) is 1.72. The smallest absolute Gasteiger partial charge is 0.356 e. The van der Waals surface area contributed by atoms with Crippen molar-refractivity contribution in [3.8, 4) is 0 Å². The van der Waals surface area contributed by atoms with Crippen LogP contribution in [0.15, 0.2) is 24.3 Å². The Balaban J connectivity index is 1.77. The number of hydrogen-bond donors (Lipinski definition) is 2. The zero-order chi connectivity index (χ0) is 16.6. The molecule has 0 saturated heterocycles. The zero-order valence-electron chi connectivity index (χ0n) is 12.4. The molecule has 0 radical (unpaired) electrons. The van der Waals surface area contributed by atoms with Gasteiger partial charge in [0.25, 0.3) is 0 Å². The molecule has 0 spiro atoms. The van der Waals surface area contributed by atoms with E-state index in [0.29, 0.717) is 29.2 Å². The molecule has 3 rings (SSSR count). The van der Waals surface area contributed by atoms with E-state index in [1.807, 2.05) is 0 Å². The Morgan fingerprint density at radius 3 is 2.65 bits per heavy atom. The van der Waals surface area contributed by atoms with E-state index in [9.17, 15) is 14.7 Å². The van der Waals surface area contributed by atoms with E-state index in [0.717, 1.165) is 5.69 Å². The first-order chi connectivity index (χ1) is 11.0. The predicted octanol–water partition coefficient (Wildman–Crippen LogP) is 2.36. The molecule has 0 saturated carbocycles. The second-order valence-corrected chi connectivity index (χ2v) is 5.75. The number of carboxylic acids is 1. The molecular weight excluding hydrogens is 320 g/mol. The van der Waals surface area contributed by atoms with Crippen molar-refractivity contribution in [2.24, 2.45) is 7.05 Å². The van der Waals surface area contributed by atoms with Crippen LogP contribution in [0, 0.1) is 0 Å². The zero-order valence-corrected chi connectivity index (χ0v) is 13.2. The van der Waals surface area contributed by atoms with E-state index >= 15 is 0 Å². The van der Waals surface area contributed by atoms with E-state index in [1.54, 1.807) is 40.9 Å². The van der Waals surface area contributed by atoms with Gasteiger partial charge in [0.05, 0.1) is 6.54 Å². The van der Waals surface area contributed by atoms with Crippen molar-refractivity contribution >= 4 is 29.3 Å². The molecule has 0 atom stereocenters. The van der Waals surface area contributed by atoms with Crippen molar-refractivity contribution in [1.29, 1.82) is 0 Å². The number of aromatic nitrogens is 2. The van der Waals surface area contributed by atoms with E-state index in [2.05, 4.69) is 10.4 Å². The van der Waals surface area contributed by atoms with Crippen LogP contribution in [0.5, 0.6) is 0 Å². The van der Waals surface area contributed by atoms with E-state index in [4.69, 9.17) is 11.6 Å². The number of carbonyl (C=O) groups excluding carboxylic acids is 1. The van der Waals surface area contributed by atoms with Crippen LogP contribution in [0.25, 0.3) is 0 Å². The fraction of sp³-hybridized carbons (Fsp3) is 0.267. The van der Waals surface area contributed by atoms with E-state index in [1.165, 1.54) is 0 Å². The van der Waals surface area contributed by atoms with Gasteiger partial charge in [0.1, 0.15) is 0 Å². The molecule has 23 heavy (non-hydrogen) atoms. The Morgan fingerprint density at radius 1 is 1.30 bits per heavy atom. The number of hydrogen-bond acceptors (Lipinski definition) is 3.